The fraction of sp³-hybridized carbons (Fsp3) is 0. The monoisotopic (exact) mass is 292 g/mol. The van der Waals surface area contributed by atoms with Gasteiger partial charge in [0, 0.05) is 11.4 Å². The fourth-order valence-corrected chi connectivity index (χ4v) is 1.55. The Balaban J connectivity index is 2.29. The maximum Gasteiger partial charge on any atom is 0.125 e. The average molecular weight is 292 g/mol. The summed E-state index contributed by atoms with van der Waals surface area (Å²) in [4.78, 5) is 8.36. The number of hydrogen-bond donors (Lipinski definition) is 0. The van der Waals surface area contributed by atoms with Gasteiger partial charge in [-0.05, 0) is 12.1 Å². The molecule has 0 amide bonds. The minimum atomic E-state index is 0.863. The van der Waals surface area contributed by atoms with Crippen molar-refractivity contribution < 1.29 is 9.47 Å². The number of allylic oxidation sites excluding steroid dienone is 4. The summed E-state index contributed by atoms with van der Waals surface area (Å²) in [7, 11) is 0. The van der Waals surface area contributed by atoms with Crippen LogP contribution in [0, 0.1) is 0 Å². The van der Waals surface area contributed by atoms with Gasteiger partial charge in [0.15, 0.2) is 0 Å². The SMILES string of the molecule is C1=C\C=c2\cccc\c2=N/C=C\O/C=C\O/C=C\N=C\C=C/1. The summed E-state index contributed by atoms with van der Waals surface area (Å²) in [5, 5.41) is 1.88. The highest BCUT2D eigenvalue weighted by molar-refractivity contribution is 5.72. The molecule has 0 fully saturated rings. The third kappa shape index (κ3) is 5.88. The molecule has 4 nitrogen and oxygen atoms in total. The summed E-state index contributed by atoms with van der Waals surface area (Å²) in [6.07, 6.45) is 20.1. The van der Waals surface area contributed by atoms with Crippen molar-refractivity contribution in [3.05, 3.63) is 96.6 Å². The molecule has 2 rings (SSSR count). The summed E-state index contributed by atoms with van der Waals surface area (Å²) in [6.45, 7) is 0. The van der Waals surface area contributed by atoms with Crippen LogP contribution in [0.5, 0.6) is 0 Å². The van der Waals surface area contributed by atoms with E-state index in [4.69, 9.17) is 9.47 Å². The summed E-state index contributed by atoms with van der Waals surface area (Å²) in [5.41, 5.74) is 0. The molecule has 110 valence electrons. The Morgan fingerprint density at radius 3 is 2.41 bits per heavy atom. The minimum Gasteiger partial charge on any atom is -0.468 e. The van der Waals surface area contributed by atoms with Crippen molar-refractivity contribution in [1.82, 2.24) is 0 Å². The van der Waals surface area contributed by atoms with Crippen LogP contribution < -0.4 is 10.6 Å². The topological polar surface area (TPSA) is 43.2 Å². The highest BCUT2D eigenvalue weighted by Crippen LogP contribution is 1.86. The van der Waals surface area contributed by atoms with Crippen LogP contribution in [-0.4, -0.2) is 6.21 Å². The van der Waals surface area contributed by atoms with Gasteiger partial charge in [-0.3, -0.25) is 9.98 Å². The molecule has 0 saturated heterocycles. The first kappa shape index (κ1) is 15.3. The van der Waals surface area contributed by atoms with Crippen LogP contribution in [0.3, 0.4) is 0 Å². The third-order valence-corrected chi connectivity index (χ3v) is 2.51. The summed E-state index contributed by atoms with van der Waals surface area (Å²) in [5.74, 6) is 0. The molecule has 1 aromatic carbocycles. The van der Waals surface area contributed by atoms with Gasteiger partial charge in [-0.25, -0.2) is 0 Å². The maximum atomic E-state index is 5.11. The molecular formula is C18H16N2O2. The van der Waals surface area contributed by atoms with Gasteiger partial charge in [-0.1, -0.05) is 42.5 Å². The number of aliphatic imine (C=N–C) groups is 1. The lowest BCUT2D eigenvalue weighted by Gasteiger charge is -1.90. The predicted molar refractivity (Wildman–Crippen MR) is 88.1 cm³/mol. The zero-order valence-electron chi connectivity index (χ0n) is 11.9. The number of fused-ring (bicyclic) bond motifs is 1. The van der Waals surface area contributed by atoms with Gasteiger partial charge >= 0.3 is 0 Å². The second kappa shape index (κ2) is 9.72. The van der Waals surface area contributed by atoms with Crippen molar-refractivity contribution in [1.29, 1.82) is 0 Å². The van der Waals surface area contributed by atoms with E-state index in [9.17, 15) is 0 Å². The van der Waals surface area contributed by atoms with E-state index in [0.717, 1.165) is 10.6 Å². The molecule has 0 bridgehead atoms. The molecular weight excluding hydrogens is 276 g/mol. The number of benzene rings is 1. The Morgan fingerprint density at radius 2 is 1.50 bits per heavy atom. The Morgan fingerprint density at radius 1 is 0.727 bits per heavy atom. The van der Waals surface area contributed by atoms with Gasteiger partial charge in [-0.2, -0.15) is 0 Å². The molecule has 0 N–H and O–H groups in total. The first-order valence-electron chi connectivity index (χ1n) is 6.72. The van der Waals surface area contributed by atoms with Crippen LogP contribution >= 0.6 is 0 Å². The Hall–Kier alpha value is -3.14. The van der Waals surface area contributed by atoms with E-state index in [1.54, 1.807) is 12.4 Å². The fourth-order valence-electron chi connectivity index (χ4n) is 1.55. The van der Waals surface area contributed by atoms with Crippen LogP contribution in [0.2, 0.25) is 0 Å². The van der Waals surface area contributed by atoms with Crippen LogP contribution in [-0.2, 0) is 9.47 Å². The van der Waals surface area contributed by atoms with Gasteiger partial charge in [0.25, 0.3) is 0 Å². The molecule has 0 saturated carbocycles. The van der Waals surface area contributed by atoms with Gasteiger partial charge in [0.1, 0.15) is 25.0 Å². The van der Waals surface area contributed by atoms with Gasteiger partial charge < -0.3 is 9.47 Å². The molecule has 22 heavy (non-hydrogen) atoms. The lowest BCUT2D eigenvalue weighted by molar-refractivity contribution is 0.344. The summed E-state index contributed by atoms with van der Waals surface area (Å²) >= 11 is 0. The molecule has 1 aliphatic heterocycles. The maximum absolute atomic E-state index is 5.11. The van der Waals surface area contributed by atoms with Gasteiger partial charge in [-0.15, -0.1) is 0 Å². The lowest BCUT2D eigenvalue weighted by atomic mass is 10.2. The molecule has 0 unspecified atom stereocenters. The van der Waals surface area contributed by atoms with E-state index in [-0.39, 0.29) is 0 Å². The van der Waals surface area contributed by atoms with Crippen LogP contribution in [0.15, 0.2) is 96.0 Å². The lowest BCUT2D eigenvalue weighted by Crippen LogP contribution is -2.23. The van der Waals surface area contributed by atoms with Crippen LogP contribution in [0.25, 0.3) is 6.08 Å². The first-order valence-corrected chi connectivity index (χ1v) is 6.72. The zero-order valence-corrected chi connectivity index (χ0v) is 11.9. The van der Waals surface area contributed by atoms with Crippen molar-refractivity contribution in [2.24, 2.45) is 9.98 Å². The number of ether oxygens (including phenoxy) is 2. The van der Waals surface area contributed by atoms with Crippen molar-refractivity contribution in [2.75, 3.05) is 0 Å². The van der Waals surface area contributed by atoms with Gasteiger partial charge in [0.2, 0.25) is 0 Å². The number of nitrogens with zero attached hydrogens (tertiary/aromatic N) is 2. The number of para-hydroxylation sites is 1. The normalized spacial score (nSPS) is 26.5. The number of hydrogen-bond acceptors (Lipinski definition) is 4. The average Bonchev–Trinajstić information content (AvgIpc) is 2.55. The Labute approximate surface area is 129 Å². The molecule has 0 aromatic heterocycles. The Kier molecular flexibility index (Phi) is 6.74. The van der Waals surface area contributed by atoms with Crippen LogP contribution in [0.4, 0.5) is 0 Å². The zero-order chi connectivity index (χ0) is 15.3. The predicted octanol–water partition coefficient (Wildman–Crippen LogP) is 2.73. The standard InChI is InChI=1S/C18H16N2O2/c1-2-6-10-19-11-13-21-15-16-22-14-12-20-18-9-5-4-8-17(18)7-3-1/h1-16H/b3-1-,6-2-,13-11-,14-12-,16-15-,17-7-,19-10+,20-18+. The molecule has 4 heteroatoms. The van der Waals surface area contributed by atoms with Crippen molar-refractivity contribution >= 4 is 12.3 Å². The van der Waals surface area contributed by atoms with E-state index >= 15 is 0 Å². The minimum absolute atomic E-state index is 0.863. The largest absolute Gasteiger partial charge is 0.468 e. The highest BCUT2D eigenvalue weighted by Gasteiger charge is 1.82. The van der Waals surface area contributed by atoms with Gasteiger partial charge in [0.05, 0.1) is 17.8 Å². The summed E-state index contributed by atoms with van der Waals surface area (Å²) in [6, 6.07) is 7.85. The molecule has 0 spiro atoms. The second-order valence-electron chi connectivity index (χ2n) is 4.04. The molecule has 1 heterocycles. The molecule has 1 aliphatic rings. The molecule has 0 aliphatic carbocycles. The van der Waals surface area contributed by atoms with E-state index in [1.807, 2.05) is 54.6 Å². The highest BCUT2D eigenvalue weighted by atomic mass is 16.5. The van der Waals surface area contributed by atoms with E-state index in [2.05, 4.69) is 9.98 Å². The number of rotatable bonds is 0. The molecule has 0 radical (unpaired) electrons. The third-order valence-electron chi connectivity index (χ3n) is 2.51. The second-order valence-corrected chi connectivity index (χ2v) is 4.04. The smallest absolute Gasteiger partial charge is 0.125 e. The quantitative estimate of drug-likeness (QED) is 0.738. The Bertz CT molecular complexity index is 754. The molecule has 0 atom stereocenters. The van der Waals surface area contributed by atoms with Crippen molar-refractivity contribution in [3.8, 4) is 0 Å². The summed E-state index contributed by atoms with van der Waals surface area (Å²) < 4.78 is 10.1. The van der Waals surface area contributed by atoms with E-state index in [0.29, 0.717) is 0 Å². The van der Waals surface area contributed by atoms with E-state index < -0.39 is 0 Å². The van der Waals surface area contributed by atoms with Crippen molar-refractivity contribution in [2.45, 2.75) is 0 Å². The first-order chi connectivity index (χ1) is 11.0. The van der Waals surface area contributed by atoms with Crippen molar-refractivity contribution in [3.63, 3.8) is 0 Å². The van der Waals surface area contributed by atoms with E-state index in [1.165, 1.54) is 31.2 Å². The molecule has 1 aromatic rings. The van der Waals surface area contributed by atoms with Crippen LogP contribution in [0.1, 0.15) is 0 Å².